The van der Waals surface area contributed by atoms with Crippen LogP contribution >= 0.6 is 11.6 Å². The van der Waals surface area contributed by atoms with Crippen LogP contribution in [-0.4, -0.2) is 11.2 Å². The molecular formula is C17H16ClNO2. The number of nitrogens with one attached hydrogen (secondary N) is 1. The molecule has 0 saturated heterocycles. The molecule has 3 nitrogen and oxygen atoms in total. The van der Waals surface area contributed by atoms with Gasteiger partial charge in [0.15, 0.2) is 0 Å². The number of aryl methyl sites for hydroxylation is 1. The standard InChI is InChI=1S/C17H16ClNO2/c18-15-6-2-1-5-13(15)12-9-8-11-4-3-7-16(14(11)10-12)19-17(20)21/h1-2,5-6,8-10,16,19H,3-4,7H2,(H,20,21). The number of amides is 1. The predicted molar refractivity (Wildman–Crippen MR) is 83.7 cm³/mol. The first-order valence-corrected chi connectivity index (χ1v) is 7.40. The smallest absolute Gasteiger partial charge is 0.405 e. The summed E-state index contributed by atoms with van der Waals surface area (Å²) in [5, 5.41) is 12.3. The monoisotopic (exact) mass is 301 g/mol. The van der Waals surface area contributed by atoms with Crippen molar-refractivity contribution in [3.63, 3.8) is 0 Å². The second-order valence-electron chi connectivity index (χ2n) is 5.29. The Balaban J connectivity index is 2.03. The number of carbonyl (C=O) groups is 1. The van der Waals surface area contributed by atoms with E-state index in [1.54, 1.807) is 0 Å². The summed E-state index contributed by atoms with van der Waals surface area (Å²) in [5.41, 5.74) is 4.29. The van der Waals surface area contributed by atoms with Gasteiger partial charge in [0.1, 0.15) is 0 Å². The molecule has 0 spiro atoms. The molecule has 0 bridgehead atoms. The van der Waals surface area contributed by atoms with Crippen molar-refractivity contribution < 1.29 is 9.90 Å². The summed E-state index contributed by atoms with van der Waals surface area (Å²) in [6.07, 6.45) is 1.86. The van der Waals surface area contributed by atoms with Gasteiger partial charge in [-0.3, -0.25) is 0 Å². The number of benzene rings is 2. The molecule has 0 fully saturated rings. The van der Waals surface area contributed by atoms with Gasteiger partial charge >= 0.3 is 6.09 Å². The van der Waals surface area contributed by atoms with Gasteiger partial charge in [-0.1, -0.05) is 41.9 Å². The van der Waals surface area contributed by atoms with Gasteiger partial charge in [-0.25, -0.2) is 4.79 Å². The molecule has 1 aliphatic rings. The van der Waals surface area contributed by atoms with E-state index in [0.29, 0.717) is 5.02 Å². The van der Waals surface area contributed by atoms with Crippen LogP contribution in [0.4, 0.5) is 4.79 Å². The summed E-state index contributed by atoms with van der Waals surface area (Å²) in [6, 6.07) is 13.8. The molecule has 1 atom stereocenters. The maximum atomic E-state index is 11.0. The Morgan fingerprint density at radius 1 is 1.24 bits per heavy atom. The van der Waals surface area contributed by atoms with Gasteiger partial charge in [0.2, 0.25) is 0 Å². The van der Waals surface area contributed by atoms with Crippen molar-refractivity contribution in [1.29, 1.82) is 0 Å². The van der Waals surface area contributed by atoms with E-state index in [1.807, 2.05) is 24.3 Å². The van der Waals surface area contributed by atoms with Crippen molar-refractivity contribution in [3.8, 4) is 11.1 Å². The summed E-state index contributed by atoms with van der Waals surface area (Å²) in [6.45, 7) is 0. The molecule has 0 aliphatic heterocycles. The van der Waals surface area contributed by atoms with Gasteiger partial charge in [-0.05, 0) is 48.1 Å². The molecule has 21 heavy (non-hydrogen) atoms. The number of rotatable bonds is 2. The van der Waals surface area contributed by atoms with Crippen molar-refractivity contribution in [2.24, 2.45) is 0 Å². The van der Waals surface area contributed by atoms with Crippen LogP contribution in [0.1, 0.15) is 30.0 Å². The Hall–Kier alpha value is -2.00. The third-order valence-corrected chi connectivity index (χ3v) is 4.27. The minimum Gasteiger partial charge on any atom is -0.465 e. The third-order valence-electron chi connectivity index (χ3n) is 3.94. The highest BCUT2D eigenvalue weighted by atomic mass is 35.5. The van der Waals surface area contributed by atoms with E-state index in [9.17, 15) is 4.79 Å². The topological polar surface area (TPSA) is 49.3 Å². The Labute approximate surface area is 128 Å². The SMILES string of the molecule is O=C(O)NC1CCCc2ccc(-c3ccccc3Cl)cc21. The molecule has 2 aromatic carbocycles. The second kappa shape index (κ2) is 5.78. The quantitative estimate of drug-likeness (QED) is 0.848. The molecule has 1 unspecified atom stereocenters. The molecule has 1 amide bonds. The van der Waals surface area contributed by atoms with Crippen LogP contribution in [0.2, 0.25) is 5.02 Å². The molecular weight excluding hydrogens is 286 g/mol. The van der Waals surface area contributed by atoms with Gasteiger partial charge in [0.05, 0.1) is 6.04 Å². The van der Waals surface area contributed by atoms with E-state index in [0.717, 1.165) is 36.0 Å². The third kappa shape index (κ3) is 2.88. The van der Waals surface area contributed by atoms with E-state index in [2.05, 4.69) is 23.5 Å². The largest absolute Gasteiger partial charge is 0.465 e. The molecule has 0 aromatic heterocycles. The van der Waals surface area contributed by atoms with Gasteiger partial charge in [-0.15, -0.1) is 0 Å². The van der Waals surface area contributed by atoms with Crippen LogP contribution in [0.15, 0.2) is 42.5 Å². The number of hydrogen-bond donors (Lipinski definition) is 2. The van der Waals surface area contributed by atoms with Crippen molar-refractivity contribution >= 4 is 17.7 Å². The van der Waals surface area contributed by atoms with Crippen LogP contribution in [-0.2, 0) is 6.42 Å². The van der Waals surface area contributed by atoms with Crippen LogP contribution in [0.5, 0.6) is 0 Å². The van der Waals surface area contributed by atoms with Gasteiger partial charge in [0, 0.05) is 10.6 Å². The molecule has 4 heteroatoms. The average Bonchev–Trinajstić information content (AvgIpc) is 2.47. The Kier molecular flexibility index (Phi) is 3.84. The Morgan fingerprint density at radius 2 is 2.05 bits per heavy atom. The van der Waals surface area contributed by atoms with Gasteiger partial charge in [-0.2, -0.15) is 0 Å². The highest BCUT2D eigenvalue weighted by molar-refractivity contribution is 6.33. The summed E-state index contributed by atoms with van der Waals surface area (Å²) < 4.78 is 0. The highest BCUT2D eigenvalue weighted by Gasteiger charge is 2.22. The maximum absolute atomic E-state index is 11.0. The first-order valence-electron chi connectivity index (χ1n) is 7.02. The lowest BCUT2D eigenvalue weighted by atomic mass is 9.85. The van der Waals surface area contributed by atoms with Crippen molar-refractivity contribution in [1.82, 2.24) is 5.32 Å². The average molecular weight is 302 g/mol. The molecule has 1 aliphatic carbocycles. The normalized spacial score (nSPS) is 17.1. The number of halogens is 1. The zero-order valence-electron chi connectivity index (χ0n) is 11.5. The molecule has 108 valence electrons. The summed E-state index contributed by atoms with van der Waals surface area (Å²) >= 11 is 6.25. The fourth-order valence-electron chi connectivity index (χ4n) is 2.96. The van der Waals surface area contributed by atoms with Crippen LogP contribution in [0, 0.1) is 0 Å². The molecule has 2 N–H and O–H groups in total. The number of hydrogen-bond acceptors (Lipinski definition) is 1. The lowest BCUT2D eigenvalue weighted by Crippen LogP contribution is -2.29. The zero-order valence-corrected chi connectivity index (χ0v) is 12.2. The minimum absolute atomic E-state index is 0.131. The van der Waals surface area contributed by atoms with E-state index >= 15 is 0 Å². The Morgan fingerprint density at radius 3 is 2.81 bits per heavy atom. The second-order valence-corrected chi connectivity index (χ2v) is 5.69. The molecule has 0 saturated carbocycles. The number of carboxylic acid groups (broad SMARTS) is 1. The Bertz CT molecular complexity index is 684. The maximum Gasteiger partial charge on any atom is 0.405 e. The first kappa shape index (κ1) is 14.0. The fourth-order valence-corrected chi connectivity index (χ4v) is 3.21. The van der Waals surface area contributed by atoms with Crippen LogP contribution in [0.3, 0.4) is 0 Å². The van der Waals surface area contributed by atoms with Crippen molar-refractivity contribution in [2.75, 3.05) is 0 Å². The van der Waals surface area contributed by atoms with Crippen LogP contribution < -0.4 is 5.32 Å². The summed E-state index contributed by atoms with van der Waals surface area (Å²) in [7, 11) is 0. The van der Waals surface area contributed by atoms with Crippen molar-refractivity contribution in [3.05, 3.63) is 58.6 Å². The van der Waals surface area contributed by atoms with Gasteiger partial charge in [0.25, 0.3) is 0 Å². The molecule has 0 heterocycles. The highest BCUT2D eigenvalue weighted by Crippen LogP contribution is 2.35. The summed E-state index contributed by atoms with van der Waals surface area (Å²) in [5.74, 6) is 0. The predicted octanol–water partition coefficient (Wildman–Crippen LogP) is 4.65. The van der Waals surface area contributed by atoms with E-state index in [-0.39, 0.29) is 6.04 Å². The zero-order chi connectivity index (χ0) is 14.8. The summed E-state index contributed by atoms with van der Waals surface area (Å²) in [4.78, 5) is 11.0. The fraction of sp³-hybridized carbons (Fsp3) is 0.235. The first-order chi connectivity index (χ1) is 10.1. The van der Waals surface area contributed by atoms with E-state index < -0.39 is 6.09 Å². The van der Waals surface area contributed by atoms with E-state index in [4.69, 9.17) is 16.7 Å². The molecule has 2 aromatic rings. The van der Waals surface area contributed by atoms with Gasteiger partial charge < -0.3 is 10.4 Å². The number of fused-ring (bicyclic) bond motifs is 1. The lowest BCUT2D eigenvalue weighted by molar-refractivity contribution is 0.188. The lowest BCUT2D eigenvalue weighted by Gasteiger charge is -2.26. The molecule has 0 radical (unpaired) electrons. The van der Waals surface area contributed by atoms with Crippen LogP contribution in [0.25, 0.3) is 11.1 Å². The van der Waals surface area contributed by atoms with E-state index in [1.165, 1.54) is 5.56 Å². The molecule has 3 rings (SSSR count). The van der Waals surface area contributed by atoms with Crippen molar-refractivity contribution in [2.45, 2.75) is 25.3 Å². The minimum atomic E-state index is -0.976.